The first-order valence-corrected chi connectivity index (χ1v) is 6.00. The summed E-state index contributed by atoms with van der Waals surface area (Å²) in [6, 6.07) is 1.75. The van der Waals surface area contributed by atoms with Gasteiger partial charge in [-0.3, -0.25) is 4.79 Å². The third-order valence-electron chi connectivity index (χ3n) is 3.50. The lowest BCUT2D eigenvalue weighted by atomic mass is 9.84. The van der Waals surface area contributed by atoms with Crippen LogP contribution in [-0.2, 0) is 11.2 Å². The summed E-state index contributed by atoms with van der Waals surface area (Å²) in [5.74, 6) is 0.596. The lowest BCUT2D eigenvalue weighted by molar-refractivity contribution is -0.122. The molecular formula is C13H19N3O. The largest absolute Gasteiger partial charge is 0.350 e. The van der Waals surface area contributed by atoms with Gasteiger partial charge in [-0.25, -0.2) is 9.97 Å². The molecule has 1 N–H and O–H groups in total. The summed E-state index contributed by atoms with van der Waals surface area (Å²) >= 11 is 0. The highest BCUT2D eigenvalue weighted by Crippen LogP contribution is 2.49. The minimum Gasteiger partial charge on any atom is -0.350 e. The van der Waals surface area contributed by atoms with Crippen molar-refractivity contribution < 1.29 is 4.79 Å². The minimum atomic E-state index is -0.0150. The fourth-order valence-electron chi connectivity index (χ4n) is 2.06. The fraction of sp³-hybridized carbons (Fsp3) is 0.615. The van der Waals surface area contributed by atoms with Crippen molar-refractivity contribution in [1.82, 2.24) is 15.3 Å². The van der Waals surface area contributed by atoms with Crippen molar-refractivity contribution in [1.29, 1.82) is 0 Å². The molecule has 17 heavy (non-hydrogen) atoms. The van der Waals surface area contributed by atoms with Crippen LogP contribution in [-0.4, -0.2) is 21.4 Å². The van der Waals surface area contributed by atoms with Gasteiger partial charge < -0.3 is 5.32 Å². The molecule has 1 heterocycles. The molecule has 1 saturated carbocycles. The quantitative estimate of drug-likeness (QED) is 0.864. The third-order valence-corrected chi connectivity index (χ3v) is 3.50. The second-order valence-electron chi connectivity index (χ2n) is 5.72. The molecular weight excluding hydrogens is 214 g/mol. The molecule has 1 aliphatic carbocycles. The summed E-state index contributed by atoms with van der Waals surface area (Å²) < 4.78 is 0. The molecule has 0 aromatic carbocycles. The fourth-order valence-corrected chi connectivity index (χ4v) is 2.06. The second kappa shape index (κ2) is 4.09. The predicted molar refractivity (Wildman–Crippen MR) is 65.3 cm³/mol. The van der Waals surface area contributed by atoms with E-state index < -0.39 is 0 Å². The highest BCUT2D eigenvalue weighted by atomic mass is 16.1. The van der Waals surface area contributed by atoms with Gasteiger partial charge in [0.1, 0.15) is 5.82 Å². The van der Waals surface area contributed by atoms with E-state index in [1.165, 1.54) is 0 Å². The maximum Gasteiger partial charge on any atom is 0.228 e. The molecule has 0 spiro atoms. The molecule has 2 rings (SSSR count). The van der Waals surface area contributed by atoms with Crippen molar-refractivity contribution in [3.63, 3.8) is 0 Å². The Morgan fingerprint density at radius 2 is 1.94 bits per heavy atom. The minimum absolute atomic E-state index is 0.0150. The van der Waals surface area contributed by atoms with E-state index in [9.17, 15) is 4.79 Å². The molecule has 1 aromatic rings. The van der Waals surface area contributed by atoms with Crippen LogP contribution in [0.2, 0.25) is 0 Å². The number of nitrogens with one attached hydrogen (secondary N) is 1. The Labute approximate surface area is 102 Å². The molecule has 1 aromatic heterocycles. The van der Waals surface area contributed by atoms with E-state index in [2.05, 4.69) is 36.1 Å². The summed E-state index contributed by atoms with van der Waals surface area (Å²) in [5.41, 5.74) is 0.0963. The van der Waals surface area contributed by atoms with Gasteiger partial charge >= 0.3 is 0 Å². The standard InChI is InChI=1S/C13H19N3O/c1-12(2,3)13(5-6-13)16-11(17)9-10-14-7-4-8-15-10/h4,7-8H,5-6,9H2,1-3H3,(H,16,17). The average Bonchev–Trinajstić information content (AvgIpc) is 2.99. The number of rotatable bonds is 3. The van der Waals surface area contributed by atoms with E-state index >= 15 is 0 Å². The van der Waals surface area contributed by atoms with Crippen LogP contribution in [0, 0.1) is 5.41 Å². The maximum absolute atomic E-state index is 11.9. The molecule has 0 saturated heterocycles. The molecule has 0 radical (unpaired) electrons. The Hall–Kier alpha value is -1.45. The monoisotopic (exact) mass is 233 g/mol. The lowest BCUT2D eigenvalue weighted by Gasteiger charge is -2.31. The van der Waals surface area contributed by atoms with E-state index in [-0.39, 0.29) is 23.3 Å². The number of hydrogen-bond donors (Lipinski definition) is 1. The van der Waals surface area contributed by atoms with Crippen molar-refractivity contribution in [2.24, 2.45) is 5.41 Å². The van der Waals surface area contributed by atoms with Crippen LogP contribution >= 0.6 is 0 Å². The Kier molecular flexibility index (Phi) is 2.89. The van der Waals surface area contributed by atoms with Crippen molar-refractivity contribution >= 4 is 5.91 Å². The zero-order chi connectivity index (χ0) is 12.5. The van der Waals surface area contributed by atoms with Gasteiger partial charge in [0, 0.05) is 17.9 Å². The lowest BCUT2D eigenvalue weighted by Crippen LogP contribution is -2.46. The molecule has 92 valence electrons. The zero-order valence-electron chi connectivity index (χ0n) is 10.7. The molecule has 1 aliphatic rings. The number of amides is 1. The SMILES string of the molecule is CC(C)(C)C1(NC(=O)Cc2ncccn2)CC1. The number of carbonyl (C=O) groups is 1. The van der Waals surface area contributed by atoms with Gasteiger partial charge in [-0.05, 0) is 24.3 Å². The molecule has 4 heteroatoms. The van der Waals surface area contributed by atoms with Gasteiger partial charge in [0.05, 0.1) is 6.42 Å². The van der Waals surface area contributed by atoms with E-state index in [4.69, 9.17) is 0 Å². The molecule has 4 nitrogen and oxygen atoms in total. The first-order valence-electron chi connectivity index (χ1n) is 6.00. The van der Waals surface area contributed by atoms with Crippen molar-refractivity contribution in [2.75, 3.05) is 0 Å². The van der Waals surface area contributed by atoms with Gasteiger partial charge in [0.15, 0.2) is 0 Å². The Bertz CT molecular complexity index is 404. The number of carbonyl (C=O) groups excluding carboxylic acids is 1. The van der Waals surface area contributed by atoms with Gasteiger partial charge in [-0.15, -0.1) is 0 Å². The summed E-state index contributed by atoms with van der Waals surface area (Å²) in [7, 11) is 0. The van der Waals surface area contributed by atoms with Gasteiger partial charge in [-0.2, -0.15) is 0 Å². The van der Waals surface area contributed by atoms with E-state index in [0.29, 0.717) is 5.82 Å². The van der Waals surface area contributed by atoms with Crippen molar-refractivity contribution in [2.45, 2.75) is 45.6 Å². The van der Waals surface area contributed by atoms with Crippen LogP contribution in [0.15, 0.2) is 18.5 Å². The molecule has 1 fully saturated rings. The van der Waals surface area contributed by atoms with Crippen LogP contribution < -0.4 is 5.32 Å². The Morgan fingerprint density at radius 3 is 2.41 bits per heavy atom. The number of nitrogens with zero attached hydrogens (tertiary/aromatic N) is 2. The highest BCUT2D eigenvalue weighted by Gasteiger charge is 2.52. The van der Waals surface area contributed by atoms with Crippen LogP contribution in [0.25, 0.3) is 0 Å². The van der Waals surface area contributed by atoms with Crippen LogP contribution in [0.5, 0.6) is 0 Å². The van der Waals surface area contributed by atoms with E-state index in [1.807, 2.05) is 0 Å². The van der Waals surface area contributed by atoms with Crippen molar-refractivity contribution in [3.05, 3.63) is 24.3 Å². The van der Waals surface area contributed by atoms with E-state index in [0.717, 1.165) is 12.8 Å². The molecule has 0 unspecified atom stereocenters. The van der Waals surface area contributed by atoms with Crippen molar-refractivity contribution in [3.8, 4) is 0 Å². The zero-order valence-corrected chi connectivity index (χ0v) is 10.7. The molecule has 0 atom stereocenters. The maximum atomic E-state index is 11.9. The van der Waals surface area contributed by atoms with Crippen LogP contribution in [0.3, 0.4) is 0 Å². The first-order chi connectivity index (χ1) is 7.93. The average molecular weight is 233 g/mol. The smallest absolute Gasteiger partial charge is 0.228 e. The Balaban J connectivity index is 1.95. The third kappa shape index (κ3) is 2.62. The molecule has 0 aliphatic heterocycles. The highest BCUT2D eigenvalue weighted by molar-refractivity contribution is 5.79. The normalized spacial score (nSPS) is 17.6. The van der Waals surface area contributed by atoms with Crippen LogP contribution in [0.1, 0.15) is 39.4 Å². The summed E-state index contributed by atoms with van der Waals surface area (Å²) in [4.78, 5) is 20.0. The predicted octanol–water partition coefficient (Wildman–Crippen LogP) is 1.71. The Morgan fingerprint density at radius 1 is 1.35 bits per heavy atom. The molecule has 0 bridgehead atoms. The molecule has 1 amide bonds. The summed E-state index contributed by atoms with van der Waals surface area (Å²) in [5, 5.41) is 3.14. The van der Waals surface area contributed by atoms with Crippen LogP contribution in [0.4, 0.5) is 0 Å². The summed E-state index contributed by atoms with van der Waals surface area (Å²) in [6.07, 6.45) is 5.72. The number of aromatic nitrogens is 2. The first kappa shape index (κ1) is 12.0. The number of hydrogen-bond acceptors (Lipinski definition) is 3. The second-order valence-corrected chi connectivity index (χ2v) is 5.72. The van der Waals surface area contributed by atoms with Gasteiger partial charge in [0.25, 0.3) is 0 Å². The van der Waals surface area contributed by atoms with Gasteiger partial charge in [0.2, 0.25) is 5.91 Å². The van der Waals surface area contributed by atoms with Gasteiger partial charge in [-0.1, -0.05) is 20.8 Å². The topological polar surface area (TPSA) is 54.9 Å². The van der Waals surface area contributed by atoms with E-state index in [1.54, 1.807) is 18.5 Å². The summed E-state index contributed by atoms with van der Waals surface area (Å²) in [6.45, 7) is 6.50.